The molecule has 0 aromatic heterocycles. The number of rotatable bonds is 7. The Morgan fingerprint density at radius 3 is 2.32 bits per heavy atom. The van der Waals surface area contributed by atoms with Crippen molar-refractivity contribution < 1.29 is 13.2 Å². The van der Waals surface area contributed by atoms with Crippen molar-refractivity contribution in [3.05, 3.63) is 58.6 Å². The molecule has 0 unspecified atom stereocenters. The molecule has 0 radical (unpaired) electrons. The number of nitrogens with zero attached hydrogens (tertiary/aromatic N) is 2. The molecule has 0 saturated carbocycles. The standard InChI is InChI=1S/C23H30ClN3O3S/c1-4-17(2)19-5-8-21(9-6-19)31(29,30)27-13-11-26(12-14-27)16-23(28)25-22-10-7-20(24)15-18(22)3/h5-10,15,17H,4,11-14,16H2,1-3H3,(H,25,28)/t17-/m0/s1. The van der Waals surface area contributed by atoms with Crippen LogP contribution in [0.2, 0.25) is 5.02 Å². The third kappa shape index (κ3) is 5.86. The minimum Gasteiger partial charge on any atom is -0.325 e. The van der Waals surface area contributed by atoms with Crippen LogP contribution >= 0.6 is 11.6 Å². The van der Waals surface area contributed by atoms with Gasteiger partial charge in [-0.3, -0.25) is 9.69 Å². The molecule has 8 heteroatoms. The van der Waals surface area contributed by atoms with Crippen LogP contribution in [0.3, 0.4) is 0 Å². The lowest BCUT2D eigenvalue weighted by Crippen LogP contribution is -2.50. The van der Waals surface area contributed by atoms with Gasteiger partial charge < -0.3 is 5.32 Å². The van der Waals surface area contributed by atoms with Gasteiger partial charge in [-0.15, -0.1) is 0 Å². The predicted molar refractivity (Wildman–Crippen MR) is 125 cm³/mol. The van der Waals surface area contributed by atoms with E-state index >= 15 is 0 Å². The van der Waals surface area contributed by atoms with Crippen molar-refractivity contribution in [1.29, 1.82) is 0 Å². The summed E-state index contributed by atoms with van der Waals surface area (Å²) in [4.78, 5) is 14.7. The molecule has 31 heavy (non-hydrogen) atoms. The Balaban J connectivity index is 1.55. The summed E-state index contributed by atoms with van der Waals surface area (Å²) >= 11 is 5.96. The van der Waals surface area contributed by atoms with Gasteiger partial charge in [-0.05, 0) is 60.7 Å². The number of amides is 1. The molecule has 168 valence electrons. The van der Waals surface area contributed by atoms with Crippen molar-refractivity contribution in [2.75, 3.05) is 38.0 Å². The highest BCUT2D eigenvalue weighted by molar-refractivity contribution is 7.89. The number of hydrogen-bond donors (Lipinski definition) is 1. The summed E-state index contributed by atoms with van der Waals surface area (Å²) in [5, 5.41) is 3.53. The first-order valence-corrected chi connectivity index (χ1v) is 12.4. The van der Waals surface area contributed by atoms with Crippen LogP contribution in [0.25, 0.3) is 0 Å². The third-order valence-corrected chi connectivity index (χ3v) is 8.01. The van der Waals surface area contributed by atoms with E-state index in [0.29, 0.717) is 42.0 Å². The van der Waals surface area contributed by atoms with Gasteiger partial charge in [0.25, 0.3) is 0 Å². The number of benzene rings is 2. The van der Waals surface area contributed by atoms with Gasteiger partial charge in [-0.1, -0.05) is 37.6 Å². The van der Waals surface area contributed by atoms with Gasteiger partial charge in [-0.2, -0.15) is 4.31 Å². The van der Waals surface area contributed by atoms with Crippen molar-refractivity contribution >= 4 is 33.2 Å². The number of hydrogen-bond acceptors (Lipinski definition) is 4. The summed E-state index contributed by atoms with van der Waals surface area (Å²) in [6.07, 6.45) is 1.01. The molecule has 1 atom stereocenters. The first-order chi connectivity index (χ1) is 14.7. The minimum atomic E-state index is -3.53. The molecule has 1 heterocycles. The molecule has 0 aliphatic carbocycles. The first kappa shape index (κ1) is 23.7. The van der Waals surface area contributed by atoms with Crippen LogP contribution in [0, 0.1) is 6.92 Å². The maximum atomic E-state index is 13.0. The summed E-state index contributed by atoms with van der Waals surface area (Å²) < 4.78 is 27.5. The largest absolute Gasteiger partial charge is 0.325 e. The zero-order valence-corrected chi connectivity index (χ0v) is 19.8. The van der Waals surface area contributed by atoms with Crippen LogP contribution in [0.5, 0.6) is 0 Å². The zero-order valence-electron chi connectivity index (χ0n) is 18.3. The lowest BCUT2D eigenvalue weighted by atomic mass is 9.99. The number of carbonyl (C=O) groups is 1. The molecule has 0 spiro atoms. The second kappa shape index (κ2) is 10.1. The lowest BCUT2D eigenvalue weighted by molar-refractivity contribution is -0.117. The quantitative estimate of drug-likeness (QED) is 0.670. The van der Waals surface area contributed by atoms with Gasteiger partial charge in [0.15, 0.2) is 0 Å². The molecule has 2 aromatic carbocycles. The van der Waals surface area contributed by atoms with Crippen LogP contribution in [0.1, 0.15) is 37.3 Å². The number of nitrogens with one attached hydrogen (secondary N) is 1. The van der Waals surface area contributed by atoms with E-state index in [1.165, 1.54) is 4.31 Å². The van der Waals surface area contributed by atoms with Crippen LogP contribution in [0.15, 0.2) is 47.4 Å². The van der Waals surface area contributed by atoms with Crippen molar-refractivity contribution in [1.82, 2.24) is 9.21 Å². The van der Waals surface area contributed by atoms with Crippen molar-refractivity contribution in [2.24, 2.45) is 0 Å². The summed E-state index contributed by atoms with van der Waals surface area (Å²) in [6, 6.07) is 12.5. The van der Waals surface area contributed by atoms with Crippen LogP contribution in [-0.4, -0.2) is 56.3 Å². The van der Waals surface area contributed by atoms with E-state index in [9.17, 15) is 13.2 Å². The SMILES string of the molecule is CC[C@H](C)c1ccc(S(=O)(=O)N2CCN(CC(=O)Nc3ccc(Cl)cc3C)CC2)cc1. The average molecular weight is 464 g/mol. The van der Waals surface area contributed by atoms with E-state index in [4.69, 9.17) is 11.6 Å². The molecule has 1 N–H and O–H groups in total. The number of carbonyl (C=O) groups excluding carboxylic acids is 1. The predicted octanol–water partition coefficient (Wildman–Crippen LogP) is 4.11. The number of anilines is 1. The van der Waals surface area contributed by atoms with E-state index < -0.39 is 10.0 Å². The Hall–Kier alpha value is -1.93. The van der Waals surface area contributed by atoms with E-state index in [2.05, 4.69) is 19.2 Å². The second-order valence-electron chi connectivity index (χ2n) is 8.07. The molecule has 3 rings (SSSR count). The van der Waals surface area contributed by atoms with Crippen molar-refractivity contribution in [3.63, 3.8) is 0 Å². The average Bonchev–Trinajstić information content (AvgIpc) is 2.75. The van der Waals surface area contributed by atoms with E-state index in [1.54, 1.807) is 30.3 Å². The Morgan fingerprint density at radius 1 is 1.10 bits per heavy atom. The van der Waals surface area contributed by atoms with Gasteiger partial charge >= 0.3 is 0 Å². The molecule has 1 aliphatic heterocycles. The van der Waals surface area contributed by atoms with Gasteiger partial charge in [-0.25, -0.2) is 8.42 Å². The Morgan fingerprint density at radius 2 is 1.74 bits per heavy atom. The molecule has 1 saturated heterocycles. The molecular formula is C23H30ClN3O3S. The van der Waals surface area contributed by atoms with E-state index in [-0.39, 0.29) is 12.5 Å². The normalized spacial score (nSPS) is 16.8. The summed E-state index contributed by atoms with van der Waals surface area (Å²) in [5.74, 6) is 0.283. The van der Waals surface area contributed by atoms with Gasteiger partial charge in [0.2, 0.25) is 15.9 Å². The number of piperazine rings is 1. The Kier molecular flexibility index (Phi) is 7.75. The molecular weight excluding hydrogens is 434 g/mol. The maximum Gasteiger partial charge on any atom is 0.243 e. The van der Waals surface area contributed by atoms with Crippen LogP contribution in [0.4, 0.5) is 5.69 Å². The molecule has 1 aliphatic rings. The number of sulfonamides is 1. The van der Waals surface area contributed by atoms with Crippen LogP contribution in [-0.2, 0) is 14.8 Å². The van der Waals surface area contributed by atoms with Crippen LogP contribution < -0.4 is 5.32 Å². The fraction of sp³-hybridized carbons (Fsp3) is 0.435. The molecule has 1 amide bonds. The lowest BCUT2D eigenvalue weighted by Gasteiger charge is -2.33. The van der Waals surface area contributed by atoms with Gasteiger partial charge in [0.1, 0.15) is 0 Å². The molecule has 1 fully saturated rings. The monoisotopic (exact) mass is 463 g/mol. The highest BCUT2D eigenvalue weighted by Gasteiger charge is 2.29. The fourth-order valence-corrected chi connectivity index (χ4v) is 5.29. The van der Waals surface area contributed by atoms with E-state index in [0.717, 1.165) is 23.2 Å². The Bertz CT molecular complexity index is 1020. The number of halogens is 1. The summed E-state index contributed by atoms with van der Waals surface area (Å²) in [5.41, 5.74) is 2.78. The maximum absolute atomic E-state index is 13.0. The van der Waals surface area contributed by atoms with Crippen molar-refractivity contribution in [3.8, 4) is 0 Å². The second-order valence-corrected chi connectivity index (χ2v) is 10.4. The molecule has 2 aromatic rings. The zero-order chi connectivity index (χ0) is 22.6. The topological polar surface area (TPSA) is 69.7 Å². The molecule has 0 bridgehead atoms. The van der Waals surface area contributed by atoms with Crippen molar-refractivity contribution in [2.45, 2.75) is 38.0 Å². The van der Waals surface area contributed by atoms with Gasteiger partial charge in [0, 0.05) is 36.9 Å². The summed E-state index contributed by atoms with van der Waals surface area (Å²) in [7, 11) is -3.53. The smallest absolute Gasteiger partial charge is 0.243 e. The number of aryl methyl sites for hydroxylation is 1. The highest BCUT2D eigenvalue weighted by atomic mass is 35.5. The fourth-order valence-electron chi connectivity index (χ4n) is 3.64. The van der Waals surface area contributed by atoms with E-state index in [1.807, 2.05) is 24.0 Å². The first-order valence-electron chi connectivity index (χ1n) is 10.6. The van der Waals surface area contributed by atoms with Gasteiger partial charge in [0.05, 0.1) is 11.4 Å². The minimum absolute atomic E-state index is 0.123. The Labute approximate surface area is 190 Å². The summed E-state index contributed by atoms with van der Waals surface area (Å²) in [6.45, 7) is 8.11. The highest BCUT2D eigenvalue weighted by Crippen LogP contribution is 2.23. The molecule has 6 nitrogen and oxygen atoms in total. The third-order valence-electron chi connectivity index (χ3n) is 5.86.